The third-order valence-electron chi connectivity index (χ3n) is 4.87. The number of rotatable bonds is 6. The fraction of sp³-hybridized carbons (Fsp3) is 0.409. The average Bonchev–Trinajstić information content (AvgIpc) is 2.66. The Balaban J connectivity index is 1.66. The van der Waals surface area contributed by atoms with Crippen LogP contribution < -0.4 is 10.1 Å². The van der Waals surface area contributed by atoms with Crippen LogP contribution in [0.2, 0.25) is 0 Å². The van der Waals surface area contributed by atoms with Crippen LogP contribution in [0.15, 0.2) is 42.5 Å². The van der Waals surface area contributed by atoms with Crippen molar-refractivity contribution in [1.82, 2.24) is 10.2 Å². The monoisotopic (exact) mass is 386 g/mol. The minimum atomic E-state index is -0.596. The molecule has 150 valence electrons. The topological polar surface area (TPSA) is 50.8 Å². The normalized spacial score (nSPS) is 20.0. The van der Waals surface area contributed by atoms with Gasteiger partial charge in [0, 0.05) is 32.2 Å². The molecule has 0 aliphatic carbocycles. The maximum absolute atomic E-state index is 14.1. The fourth-order valence-corrected chi connectivity index (χ4v) is 3.62. The van der Waals surface area contributed by atoms with Gasteiger partial charge in [-0.05, 0) is 37.1 Å². The van der Waals surface area contributed by atoms with E-state index in [1.165, 1.54) is 19.2 Å². The van der Waals surface area contributed by atoms with Crippen molar-refractivity contribution >= 4 is 5.91 Å². The zero-order chi connectivity index (χ0) is 20.1. The summed E-state index contributed by atoms with van der Waals surface area (Å²) in [7, 11) is 1.46. The highest BCUT2D eigenvalue weighted by atomic mass is 19.1. The second kappa shape index (κ2) is 9.17. The first-order valence-corrected chi connectivity index (χ1v) is 9.52. The van der Waals surface area contributed by atoms with E-state index < -0.39 is 11.7 Å². The number of hydrogen-bond donors (Lipinski definition) is 1. The van der Waals surface area contributed by atoms with E-state index >= 15 is 0 Å². The molecule has 1 fully saturated rings. The Labute approximate surface area is 165 Å². The van der Waals surface area contributed by atoms with Gasteiger partial charge >= 0.3 is 0 Å². The maximum atomic E-state index is 14.1. The van der Waals surface area contributed by atoms with E-state index in [1.54, 1.807) is 6.07 Å². The molecule has 0 bridgehead atoms. The number of benzene rings is 2. The summed E-state index contributed by atoms with van der Waals surface area (Å²) in [4.78, 5) is 14.8. The van der Waals surface area contributed by atoms with Gasteiger partial charge in [-0.15, -0.1) is 0 Å². The predicted molar refractivity (Wildman–Crippen MR) is 106 cm³/mol. The summed E-state index contributed by atoms with van der Waals surface area (Å²) in [5.74, 6) is -0.654. The van der Waals surface area contributed by atoms with Gasteiger partial charge in [0.1, 0.15) is 11.6 Å². The summed E-state index contributed by atoms with van der Waals surface area (Å²) in [5.41, 5.74) is 2.19. The Morgan fingerprint density at radius 3 is 2.50 bits per heavy atom. The number of halogens is 1. The number of morpholine rings is 1. The van der Waals surface area contributed by atoms with Crippen LogP contribution in [0.25, 0.3) is 0 Å². The third-order valence-corrected chi connectivity index (χ3v) is 4.87. The molecule has 2 aromatic rings. The summed E-state index contributed by atoms with van der Waals surface area (Å²) < 4.78 is 24.9. The Kier molecular flexibility index (Phi) is 6.65. The van der Waals surface area contributed by atoms with E-state index in [4.69, 9.17) is 9.47 Å². The SMILES string of the molecule is COc1ccc(C(=O)NCc2ccccc2CN2CC(C)OC(C)C2)c(F)c1. The molecule has 28 heavy (non-hydrogen) atoms. The molecule has 1 aliphatic rings. The lowest BCUT2D eigenvalue weighted by molar-refractivity contribution is -0.0705. The number of carbonyl (C=O) groups excluding carboxylic acids is 1. The van der Waals surface area contributed by atoms with Gasteiger partial charge < -0.3 is 14.8 Å². The molecular formula is C22H27FN2O3. The number of nitrogens with one attached hydrogen (secondary N) is 1. The number of nitrogens with zero attached hydrogens (tertiary/aromatic N) is 1. The molecule has 3 rings (SSSR count). The van der Waals surface area contributed by atoms with Crippen LogP contribution >= 0.6 is 0 Å². The maximum Gasteiger partial charge on any atom is 0.254 e. The molecule has 5 nitrogen and oxygen atoms in total. The minimum absolute atomic E-state index is 0.00844. The van der Waals surface area contributed by atoms with Gasteiger partial charge in [-0.3, -0.25) is 9.69 Å². The molecule has 2 unspecified atom stereocenters. The van der Waals surface area contributed by atoms with Crippen LogP contribution in [0, 0.1) is 5.82 Å². The van der Waals surface area contributed by atoms with Crippen molar-refractivity contribution in [2.24, 2.45) is 0 Å². The first-order chi connectivity index (χ1) is 13.5. The van der Waals surface area contributed by atoms with Crippen molar-refractivity contribution in [3.05, 3.63) is 65.0 Å². The van der Waals surface area contributed by atoms with Crippen LogP contribution in [0.1, 0.15) is 35.3 Å². The van der Waals surface area contributed by atoms with Crippen molar-refractivity contribution in [1.29, 1.82) is 0 Å². The molecule has 1 N–H and O–H groups in total. The Morgan fingerprint density at radius 1 is 1.18 bits per heavy atom. The number of methoxy groups -OCH3 is 1. The van der Waals surface area contributed by atoms with Crippen LogP contribution in [0.5, 0.6) is 5.75 Å². The lowest BCUT2D eigenvalue weighted by atomic mass is 10.1. The molecule has 2 atom stereocenters. The third kappa shape index (κ3) is 5.09. The Bertz CT molecular complexity index is 817. The molecular weight excluding hydrogens is 359 g/mol. The van der Waals surface area contributed by atoms with E-state index in [-0.39, 0.29) is 17.8 Å². The van der Waals surface area contributed by atoms with Gasteiger partial charge in [0.05, 0.1) is 24.9 Å². The van der Waals surface area contributed by atoms with E-state index in [2.05, 4.69) is 30.1 Å². The van der Waals surface area contributed by atoms with Crippen LogP contribution in [0.3, 0.4) is 0 Å². The Hall–Kier alpha value is -2.44. The lowest BCUT2D eigenvalue weighted by Crippen LogP contribution is -2.45. The standard InChI is InChI=1S/C22H27FN2O3/c1-15-12-25(13-16(2)28-15)14-18-7-5-4-6-17(18)11-24-22(26)20-9-8-19(27-3)10-21(20)23/h4-10,15-16H,11-14H2,1-3H3,(H,24,26). The van der Waals surface area contributed by atoms with Crippen LogP contribution in [0.4, 0.5) is 4.39 Å². The smallest absolute Gasteiger partial charge is 0.254 e. The zero-order valence-electron chi connectivity index (χ0n) is 16.6. The van der Waals surface area contributed by atoms with Gasteiger partial charge in [0.2, 0.25) is 0 Å². The second-order valence-corrected chi connectivity index (χ2v) is 7.25. The fourth-order valence-electron chi connectivity index (χ4n) is 3.62. The minimum Gasteiger partial charge on any atom is -0.497 e. The zero-order valence-corrected chi connectivity index (χ0v) is 16.6. The summed E-state index contributed by atoms with van der Waals surface area (Å²) >= 11 is 0. The van der Waals surface area contributed by atoms with Crippen molar-refractivity contribution in [2.45, 2.75) is 39.1 Å². The van der Waals surface area contributed by atoms with Gasteiger partial charge in [0.25, 0.3) is 5.91 Å². The second-order valence-electron chi connectivity index (χ2n) is 7.25. The van der Waals surface area contributed by atoms with E-state index in [0.717, 1.165) is 30.8 Å². The predicted octanol–water partition coefficient (Wildman–Crippen LogP) is 3.37. The number of amides is 1. The summed E-state index contributed by atoms with van der Waals surface area (Å²) in [6.07, 6.45) is 0.405. The molecule has 0 spiro atoms. The van der Waals surface area contributed by atoms with Crippen molar-refractivity contribution in [3.63, 3.8) is 0 Å². The van der Waals surface area contributed by atoms with Gasteiger partial charge in [-0.1, -0.05) is 24.3 Å². The molecule has 1 aliphatic heterocycles. The molecule has 0 saturated carbocycles. The lowest BCUT2D eigenvalue weighted by Gasteiger charge is -2.35. The molecule has 1 amide bonds. The van der Waals surface area contributed by atoms with Crippen LogP contribution in [-0.4, -0.2) is 43.2 Å². The number of ether oxygens (including phenoxy) is 2. The molecule has 0 aromatic heterocycles. The highest BCUT2D eigenvalue weighted by Gasteiger charge is 2.22. The molecule has 1 saturated heterocycles. The molecule has 0 radical (unpaired) electrons. The summed E-state index contributed by atoms with van der Waals surface area (Å²) in [6.45, 7) is 7.05. The van der Waals surface area contributed by atoms with E-state index in [0.29, 0.717) is 12.3 Å². The summed E-state index contributed by atoms with van der Waals surface area (Å²) in [5, 5.41) is 2.83. The molecule has 2 aromatic carbocycles. The highest BCUT2D eigenvalue weighted by Crippen LogP contribution is 2.18. The summed E-state index contributed by atoms with van der Waals surface area (Å²) in [6, 6.07) is 12.2. The van der Waals surface area contributed by atoms with E-state index in [9.17, 15) is 9.18 Å². The van der Waals surface area contributed by atoms with E-state index in [1.807, 2.05) is 18.2 Å². The highest BCUT2D eigenvalue weighted by molar-refractivity contribution is 5.94. The molecule has 6 heteroatoms. The van der Waals surface area contributed by atoms with Gasteiger partial charge in [-0.25, -0.2) is 4.39 Å². The van der Waals surface area contributed by atoms with Crippen molar-refractivity contribution in [3.8, 4) is 5.75 Å². The van der Waals surface area contributed by atoms with Gasteiger partial charge in [0.15, 0.2) is 0 Å². The van der Waals surface area contributed by atoms with Crippen molar-refractivity contribution in [2.75, 3.05) is 20.2 Å². The first kappa shape index (κ1) is 20.3. The Morgan fingerprint density at radius 2 is 1.86 bits per heavy atom. The van der Waals surface area contributed by atoms with Crippen LogP contribution in [-0.2, 0) is 17.8 Å². The van der Waals surface area contributed by atoms with Crippen molar-refractivity contribution < 1.29 is 18.7 Å². The quantitative estimate of drug-likeness (QED) is 0.827. The van der Waals surface area contributed by atoms with Gasteiger partial charge in [-0.2, -0.15) is 0 Å². The molecule has 1 heterocycles. The largest absolute Gasteiger partial charge is 0.497 e. The number of hydrogen-bond acceptors (Lipinski definition) is 4. The average molecular weight is 386 g/mol. The number of carbonyl (C=O) groups is 1. The first-order valence-electron chi connectivity index (χ1n) is 9.52.